The molecule has 4 nitrogen and oxygen atoms in total. The van der Waals surface area contributed by atoms with Crippen molar-refractivity contribution in [2.24, 2.45) is 0 Å². The number of carbonyl (C=O) groups is 1. The number of pyridine rings is 1. The number of urea groups is 1. The second kappa shape index (κ2) is 7.55. The van der Waals surface area contributed by atoms with Gasteiger partial charge < -0.3 is 10.2 Å². The maximum absolute atomic E-state index is 12.6. The van der Waals surface area contributed by atoms with Crippen LogP contribution in [0, 0.1) is 0 Å². The molecule has 134 valence electrons. The van der Waals surface area contributed by atoms with Crippen LogP contribution in [-0.2, 0) is 6.18 Å². The lowest BCUT2D eigenvalue weighted by molar-refractivity contribution is -0.137. The smallest absolute Gasteiger partial charge is 0.331 e. The van der Waals surface area contributed by atoms with Crippen LogP contribution in [0.25, 0.3) is 0 Å². The third-order valence-electron chi connectivity index (χ3n) is 4.17. The Morgan fingerprint density at radius 2 is 1.60 bits per heavy atom. The monoisotopic (exact) mass is 351 g/mol. The second-order valence-electron chi connectivity index (χ2n) is 5.86. The SMILES string of the molecule is CC(NC(=O)N(C)C(C)c1ccncc1)c1ccc(C(F)(F)F)cc1. The Hall–Kier alpha value is -2.57. The molecule has 0 radical (unpaired) electrons. The van der Waals surface area contributed by atoms with E-state index in [-0.39, 0.29) is 12.1 Å². The average molecular weight is 351 g/mol. The van der Waals surface area contributed by atoms with Gasteiger partial charge >= 0.3 is 12.2 Å². The van der Waals surface area contributed by atoms with Crippen molar-refractivity contribution in [1.82, 2.24) is 15.2 Å². The molecule has 1 heterocycles. The molecule has 25 heavy (non-hydrogen) atoms. The highest BCUT2D eigenvalue weighted by Gasteiger charge is 2.30. The fourth-order valence-corrected chi connectivity index (χ4v) is 2.37. The number of carbonyl (C=O) groups excluding carboxylic acids is 1. The molecule has 1 aromatic heterocycles. The lowest BCUT2D eigenvalue weighted by atomic mass is 10.1. The molecule has 0 aliphatic heterocycles. The van der Waals surface area contributed by atoms with Crippen molar-refractivity contribution in [2.75, 3.05) is 7.05 Å². The number of hydrogen-bond donors (Lipinski definition) is 1. The van der Waals surface area contributed by atoms with Gasteiger partial charge in [-0.1, -0.05) is 12.1 Å². The van der Waals surface area contributed by atoms with Gasteiger partial charge in [-0.3, -0.25) is 4.98 Å². The summed E-state index contributed by atoms with van der Waals surface area (Å²) in [4.78, 5) is 17.9. The molecule has 1 N–H and O–H groups in total. The van der Waals surface area contributed by atoms with Gasteiger partial charge in [0.1, 0.15) is 0 Å². The quantitative estimate of drug-likeness (QED) is 0.877. The number of aromatic nitrogens is 1. The normalized spacial score (nSPS) is 13.8. The average Bonchev–Trinajstić information content (AvgIpc) is 2.60. The van der Waals surface area contributed by atoms with E-state index in [2.05, 4.69) is 10.3 Å². The summed E-state index contributed by atoms with van der Waals surface area (Å²) in [5.74, 6) is 0. The Morgan fingerprint density at radius 3 is 2.12 bits per heavy atom. The fraction of sp³-hybridized carbons (Fsp3) is 0.333. The molecular weight excluding hydrogens is 331 g/mol. The van der Waals surface area contributed by atoms with E-state index in [1.165, 1.54) is 17.0 Å². The molecule has 2 atom stereocenters. The molecule has 2 unspecified atom stereocenters. The summed E-state index contributed by atoms with van der Waals surface area (Å²) in [6, 6.07) is 7.55. The molecule has 0 saturated heterocycles. The maximum Gasteiger partial charge on any atom is 0.416 e. The predicted octanol–water partition coefficient (Wildman–Crippen LogP) is 4.56. The van der Waals surface area contributed by atoms with E-state index in [4.69, 9.17) is 0 Å². The maximum atomic E-state index is 12.6. The van der Waals surface area contributed by atoms with Crippen LogP contribution in [0.2, 0.25) is 0 Å². The summed E-state index contributed by atoms with van der Waals surface area (Å²) in [6.07, 6.45) is -1.06. The van der Waals surface area contributed by atoms with Gasteiger partial charge in [0.2, 0.25) is 0 Å². The number of amides is 2. The molecule has 2 aromatic rings. The highest BCUT2D eigenvalue weighted by atomic mass is 19.4. The lowest BCUT2D eigenvalue weighted by Gasteiger charge is -2.27. The van der Waals surface area contributed by atoms with E-state index in [1.54, 1.807) is 26.4 Å². The number of hydrogen-bond acceptors (Lipinski definition) is 2. The van der Waals surface area contributed by atoms with Gasteiger partial charge in [0.05, 0.1) is 17.6 Å². The van der Waals surface area contributed by atoms with Crippen molar-refractivity contribution < 1.29 is 18.0 Å². The van der Waals surface area contributed by atoms with Crippen LogP contribution < -0.4 is 5.32 Å². The molecule has 0 spiro atoms. The summed E-state index contributed by atoms with van der Waals surface area (Å²) < 4.78 is 37.8. The Bertz CT molecular complexity index is 702. The summed E-state index contributed by atoms with van der Waals surface area (Å²) in [6.45, 7) is 3.61. The minimum absolute atomic E-state index is 0.164. The number of halogens is 3. The van der Waals surface area contributed by atoms with Gasteiger partial charge in [-0.05, 0) is 49.2 Å². The van der Waals surface area contributed by atoms with Crippen LogP contribution in [-0.4, -0.2) is 23.0 Å². The van der Waals surface area contributed by atoms with Crippen LogP contribution in [0.4, 0.5) is 18.0 Å². The van der Waals surface area contributed by atoms with Crippen molar-refractivity contribution in [3.8, 4) is 0 Å². The Kier molecular flexibility index (Phi) is 5.66. The standard InChI is InChI=1S/C18H20F3N3O/c1-12(14-4-6-16(7-5-14)18(19,20)21)23-17(25)24(3)13(2)15-8-10-22-11-9-15/h4-13H,1-3H3,(H,23,25). The molecule has 0 aliphatic rings. The van der Waals surface area contributed by atoms with Crippen molar-refractivity contribution in [1.29, 1.82) is 0 Å². The summed E-state index contributed by atoms with van der Waals surface area (Å²) in [5.41, 5.74) is 0.833. The molecule has 0 saturated carbocycles. The Balaban J connectivity index is 2.02. The largest absolute Gasteiger partial charge is 0.416 e. The minimum atomic E-state index is -4.37. The zero-order valence-corrected chi connectivity index (χ0v) is 14.2. The first-order valence-electron chi connectivity index (χ1n) is 7.80. The topological polar surface area (TPSA) is 45.2 Å². The van der Waals surface area contributed by atoms with E-state index < -0.39 is 17.8 Å². The molecule has 0 bridgehead atoms. The number of alkyl halides is 3. The molecule has 1 aromatic carbocycles. The van der Waals surface area contributed by atoms with Gasteiger partial charge in [0.15, 0.2) is 0 Å². The van der Waals surface area contributed by atoms with E-state index in [1.807, 2.05) is 19.1 Å². The highest BCUT2D eigenvalue weighted by Crippen LogP contribution is 2.30. The molecule has 7 heteroatoms. The molecule has 0 fully saturated rings. The van der Waals surface area contributed by atoms with Gasteiger partial charge in [-0.25, -0.2) is 4.79 Å². The summed E-state index contributed by atoms with van der Waals surface area (Å²) in [5, 5.41) is 2.79. The first-order chi connectivity index (χ1) is 11.7. The zero-order chi connectivity index (χ0) is 18.6. The first kappa shape index (κ1) is 18.8. The Morgan fingerprint density at radius 1 is 1.04 bits per heavy atom. The zero-order valence-electron chi connectivity index (χ0n) is 14.2. The van der Waals surface area contributed by atoms with Gasteiger partial charge in [-0.15, -0.1) is 0 Å². The van der Waals surface area contributed by atoms with Gasteiger partial charge in [-0.2, -0.15) is 13.2 Å². The summed E-state index contributed by atoms with van der Waals surface area (Å²) >= 11 is 0. The van der Waals surface area contributed by atoms with Crippen LogP contribution in [0.15, 0.2) is 48.8 Å². The van der Waals surface area contributed by atoms with Crippen LogP contribution in [0.3, 0.4) is 0 Å². The van der Waals surface area contributed by atoms with Crippen LogP contribution >= 0.6 is 0 Å². The van der Waals surface area contributed by atoms with Crippen molar-refractivity contribution in [3.63, 3.8) is 0 Å². The fourth-order valence-electron chi connectivity index (χ4n) is 2.37. The minimum Gasteiger partial charge on any atom is -0.331 e. The summed E-state index contributed by atoms with van der Waals surface area (Å²) in [7, 11) is 1.67. The molecule has 2 amide bonds. The third kappa shape index (κ3) is 4.71. The van der Waals surface area contributed by atoms with E-state index in [0.717, 1.165) is 17.7 Å². The number of benzene rings is 1. The molecule has 0 aliphatic carbocycles. The van der Waals surface area contributed by atoms with Gasteiger partial charge in [0, 0.05) is 19.4 Å². The Labute approximate surface area is 144 Å². The van der Waals surface area contributed by atoms with Gasteiger partial charge in [0.25, 0.3) is 0 Å². The number of rotatable bonds is 4. The number of nitrogens with one attached hydrogen (secondary N) is 1. The van der Waals surface area contributed by atoms with Crippen LogP contribution in [0.5, 0.6) is 0 Å². The van der Waals surface area contributed by atoms with Crippen molar-refractivity contribution in [2.45, 2.75) is 32.1 Å². The lowest BCUT2D eigenvalue weighted by Crippen LogP contribution is -2.39. The second-order valence-corrected chi connectivity index (χ2v) is 5.86. The first-order valence-corrected chi connectivity index (χ1v) is 7.80. The van der Waals surface area contributed by atoms with Crippen LogP contribution in [0.1, 0.15) is 42.6 Å². The molecular formula is C18H20F3N3O. The van der Waals surface area contributed by atoms with E-state index >= 15 is 0 Å². The van der Waals surface area contributed by atoms with Crippen molar-refractivity contribution in [3.05, 3.63) is 65.5 Å². The highest BCUT2D eigenvalue weighted by molar-refractivity contribution is 5.75. The predicted molar refractivity (Wildman–Crippen MR) is 88.8 cm³/mol. The van der Waals surface area contributed by atoms with Crippen molar-refractivity contribution >= 4 is 6.03 Å². The van der Waals surface area contributed by atoms with E-state index in [0.29, 0.717) is 5.56 Å². The molecule has 2 rings (SSSR count). The number of nitrogens with zero attached hydrogens (tertiary/aromatic N) is 2. The third-order valence-corrected chi connectivity index (χ3v) is 4.17. The van der Waals surface area contributed by atoms with E-state index in [9.17, 15) is 18.0 Å².